The lowest BCUT2D eigenvalue weighted by atomic mass is 10.3. The maximum Gasteiger partial charge on any atom is 0.323 e. The molecule has 1 saturated carbocycles. The van der Waals surface area contributed by atoms with Gasteiger partial charge in [0.1, 0.15) is 12.2 Å². The highest BCUT2D eigenvalue weighted by atomic mass is 79.9. The Balaban J connectivity index is 2.13. The first-order valence-electron chi connectivity index (χ1n) is 4.94. The van der Waals surface area contributed by atoms with Crippen LogP contribution in [0.1, 0.15) is 23.3 Å². The summed E-state index contributed by atoms with van der Waals surface area (Å²) in [6.07, 6.45) is 3.43. The van der Waals surface area contributed by atoms with Crippen molar-refractivity contribution < 1.29 is 14.7 Å². The summed E-state index contributed by atoms with van der Waals surface area (Å²) in [6, 6.07) is 1.74. The molecule has 1 fully saturated rings. The fourth-order valence-corrected chi connectivity index (χ4v) is 1.89. The zero-order valence-electron chi connectivity index (χ0n) is 8.44. The van der Waals surface area contributed by atoms with Gasteiger partial charge in [-0.2, -0.15) is 0 Å². The Bertz CT molecular complexity index is 425. The number of H-pyrrole nitrogens is 1. The largest absolute Gasteiger partial charge is 0.480 e. The minimum atomic E-state index is -0.981. The Morgan fingerprint density at radius 3 is 2.69 bits per heavy atom. The van der Waals surface area contributed by atoms with Gasteiger partial charge in [0, 0.05) is 16.7 Å². The first-order valence-corrected chi connectivity index (χ1v) is 5.74. The summed E-state index contributed by atoms with van der Waals surface area (Å²) >= 11 is 3.23. The number of carbonyl (C=O) groups is 2. The van der Waals surface area contributed by atoms with Crippen LogP contribution in [0.5, 0.6) is 0 Å². The van der Waals surface area contributed by atoms with Crippen molar-refractivity contribution in [2.75, 3.05) is 6.54 Å². The van der Waals surface area contributed by atoms with Crippen molar-refractivity contribution in [1.29, 1.82) is 0 Å². The Hall–Kier alpha value is -1.30. The van der Waals surface area contributed by atoms with Crippen LogP contribution >= 0.6 is 15.9 Å². The molecule has 1 aliphatic carbocycles. The van der Waals surface area contributed by atoms with Crippen LogP contribution in [0.2, 0.25) is 0 Å². The number of carbonyl (C=O) groups excluding carboxylic acids is 1. The van der Waals surface area contributed by atoms with Crippen LogP contribution in [-0.4, -0.2) is 39.5 Å². The second-order valence-corrected chi connectivity index (χ2v) is 4.71. The second-order valence-electron chi connectivity index (χ2n) is 3.79. The third-order valence-corrected chi connectivity index (χ3v) is 2.89. The van der Waals surface area contributed by atoms with Gasteiger partial charge < -0.3 is 15.0 Å². The number of carboxylic acids is 1. The molecule has 1 aromatic heterocycles. The summed E-state index contributed by atoms with van der Waals surface area (Å²) in [4.78, 5) is 26.9. The van der Waals surface area contributed by atoms with Crippen molar-refractivity contribution in [3.63, 3.8) is 0 Å². The molecule has 0 aromatic carbocycles. The molecular formula is C10H11BrN2O3. The molecule has 0 spiro atoms. The highest BCUT2D eigenvalue weighted by Crippen LogP contribution is 2.28. The summed E-state index contributed by atoms with van der Waals surface area (Å²) in [7, 11) is 0. The topological polar surface area (TPSA) is 73.4 Å². The van der Waals surface area contributed by atoms with E-state index in [-0.39, 0.29) is 18.5 Å². The van der Waals surface area contributed by atoms with Crippen LogP contribution in [0.15, 0.2) is 16.7 Å². The normalized spacial score (nSPS) is 14.8. The van der Waals surface area contributed by atoms with Crippen molar-refractivity contribution in [2.45, 2.75) is 18.9 Å². The predicted molar refractivity (Wildman–Crippen MR) is 60.2 cm³/mol. The maximum atomic E-state index is 12.0. The zero-order valence-corrected chi connectivity index (χ0v) is 10.0. The maximum absolute atomic E-state index is 12.0. The minimum Gasteiger partial charge on any atom is -0.480 e. The van der Waals surface area contributed by atoms with Crippen LogP contribution in [0.25, 0.3) is 0 Å². The van der Waals surface area contributed by atoms with Crippen LogP contribution in [0.3, 0.4) is 0 Å². The molecule has 0 aliphatic heterocycles. The number of rotatable bonds is 4. The average molecular weight is 287 g/mol. The molecule has 0 atom stereocenters. The van der Waals surface area contributed by atoms with Gasteiger partial charge in [0.05, 0.1) is 0 Å². The summed E-state index contributed by atoms with van der Waals surface area (Å²) in [5, 5.41) is 8.75. The molecule has 0 radical (unpaired) electrons. The fraction of sp³-hybridized carbons (Fsp3) is 0.400. The summed E-state index contributed by atoms with van der Waals surface area (Å²) in [5.41, 5.74) is 0.417. The minimum absolute atomic E-state index is 0.0886. The number of hydrogen-bond donors (Lipinski definition) is 2. The highest BCUT2D eigenvalue weighted by molar-refractivity contribution is 9.10. The van der Waals surface area contributed by atoms with Crippen molar-refractivity contribution in [2.24, 2.45) is 0 Å². The van der Waals surface area contributed by atoms with Gasteiger partial charge in [-0.05, 0) is 34.8 Å². The van der Waals surface area contributed by atoms with Crippen molar-refractivity contribution >= 4 is 27.8 Å². The zero-order chi connectivity index (χ0) is 11.7. The second kappa shape index (κ2) is 4.29. The number of nitrogens with zero attached hydrogens (tertiary/aromatic N) is 1. The smallest absolute Gasteiger partial charge is 0.323 e. The molecule has 1 aromatic rings. The van der Waals surface area contributed by atoms with E-state index in [0.717, 1.165) is 17.3 Å². The average Bonchev–Trinajstić information content (AvgIpc) is 2.96. The number of carboxylic acid groups (broad SMARTS) is 1. The quantitative estimate of drug-likeness (QED) is 0.880. The van der Waals surface area contributed by atoms with Gasteiger partial charge in [-0.25, -0.2) is 0 Å². The molecule has 86 valence electrons. The van der Waals surface area contributed by atoms with E-state index in [2.05, 4.69) is 20.9 Å². The van der Waals surface area contributed by atoms with Crippen molar-refractivity contribution in [3.8, 4) is 0 Å². The molecular weight excluding hydrogens is 276 g/mol. The summed E-state index contributed by atoms with van der Waals surface area (Å²) < 4.78 is 0.780. The third kappa shape index (κ3) is 2.44. The summed E-state index contributed by atoms with van der Waals surface area (Å²) in [5.74, 6) is -1.23. The molecule has 5 nitrogen and oxygen atoms in total. The molecule has 1 aliphatic rings. The first-order chi connectivity index (χ1) is 7.58. The van der Waals surface area contributed by atoms with Crippen molar-refractivity contribution in [1.82, 2.24) is 9.88 Å². The SMILES string of the molecule is O=C(O)CN(C(=O)c1cc(Br)c[nH]1)C1CC1. The summed E-state index contributed by atoms with van der Waals surface area (Å²) in [6.45, 7) is -0.236. The van der Waals surface area contributed by atoms with E-state index < -0.39 is 5.97 Å². The Labute approximate surface area is 101 Å². The van der Waals surface area contributed by atoms with Crippen LogP contribution in [0, 0.1) is 0 Å². The van der Waals surface area contributed by atoms with Crippen LogP contribution in [0.4, 0.5) is 0 Å². The van der Waals surface area contributed by atoms with E-state index in [9.17, 15) is 9.59 Å². The lowest BCUT2D eigenvalue weighted by molar-refractivity contribution is -0.137. The molecule has 1 heterocycles. The first kappa shape index (κ1) is 11.2. The lowest BCUT2D eigenvalue weighted by Crippen LogP contribution is -2.37. The number of aromatic nitrogens is 1. The van der Waals surface area contributed by atoms with E-state index in [4.69, 9.17) is 5.11 Å². The number of nitrogens with one attached hydrogen (secondary N) is 1. The number of amides is 1. The van der Waals surface area contributed by atoms with E-state index in [1.807, 2.05) is 0 Å². The molecule has 0 saturated heterocycles. The number of aliphatic carboxylic acids is 1. The monoisotopic (exact) mass is 286 g/mol. The highest BCUT2D eigenvalue weighted by Gasteiger charge is 2.34. The molecule has 6 heteroatoms. The molecule has 0 unspecified atom stereocenters. The lowest BCUT2D eigenvalue weighted by Gasteiger charge is -2.19. The van der Waals surface area contributed by atoms with Crippen molar-refractivity contribution in [3.05, 3.63) is 22.4 Å². The molecule has 2 N–H and O–H groups in total. The van der Waals surface area contributed by atoms with Gasteiger partial charge in [-0.1, -0.05) is 0 Å². The van der Waals surface area contributed by atoms with E-state index in [1.165, 1.54) is 4.90 Å². The van der Waals surface area contributed by atoms with Gasteiger partial charge in [0.15, 0.2) is 0 Å². The van der Waals surface area contributed by atoms with Gasteiger partial charge in [0.2, 0.25) is 0 Å². The van der Waals surface area contributed by atoms with E-state index >= 15 is 0 Å². The number of hydrogen-bond acceptors (Lipinski definition) is 2. The number of aromatic amines is 1. The standard InChI is InChI=1S/C10H11BrN2O3/c11-6-3-8(12-4-6)10(16)13(5-9(14)15)7-1-2-7/h3-4,7,12H,1-2,5H2,(H,14,15). The van der Waals surface area contributed by atoms with Gasteiger partial charge in [0.25, 0.3) is 5.91 Å². The Kier molecular flexibility index (Phi) is 3.00. The fourth-order valence-electron chi connectivity index (χ4n) is 1.54. The van der Waals surface area contributed by atoms with Gasteiger partial charge >= 0.3 is 5.97 Å². The predicted octanol–water partition coefficient (Wildman–Crippen LogP) is 1.47. The van der Waals surface area contributed by atoms with Crippen LogP contribution in [-0.2, 0) is 4.79 Å². The number of halogens is 1. The molecule has 0 bridgehead atoms. The van der Waals surface area contributed by atoms with Gasteiger partial charge in [-0.3, -0.25) is 9.59 Å². The Morgan fingerprint density at radius 2 is 2.25 bits per heavy atom. The molecule has 16 heavy (non-hydrogen) atoms. The third-order valence-electron chi connectivity index (χ3n) is 2.43. The van der Waals surface area contributed by atoms with Gasteiger partial charge in [-0.15, -0.1) is 0 Å². The van der Waals surface area contributed by atoms with E-state index in [0.29, 0.717) is 5.69 Å². The Morgan fingerprint density at radius 1 is 1.56 bits per heavy atom. The van der Waals surface area contributed by atoms with Crippen LogP contribution < -0.4 is 0 Å². The molecule has 1 amide bonds. The molecule has 2 rings (SSSR count). The van der Waals surface area contributed by atoms with E-state index in [1.54, 1.807) is 12.3 Å².